The summed E-state index contributed by atoms with van der Waals surface area (Å²) in [7, 11) is 3.35. The van der Waals surface area contributed by atoms with Gasteiger partial charge >= 0.3 is 0 Å². The highest BCUT2D eigenvalue weighted by Gasteiger charge is 2.35. The number of ether oxygens (including phenoxy) is 2. The van der Waals surface area contributed by atoms with E-state index in [-0.39, 0.29) is 12.2 Å². The van der Waals surface area contributed by atoms with Gasteiger partial charge in [0, 0.05) is 27.3 Å². The van der Waals surface area contributed by atoms with E-state index in [9.17, 15) is 5.26 Å². The number of rotatable bonds is 5. The Morgan fingerprint density at radius 2 is 1.76 bits per heavy atom. The summed E-state index contributed by atoms with van der Waals surface area (Å²) in [5, 5.41) is 18.1. The average molecular weight is 290 g/mol. The summed E-state index contributed by atoms with van der Waals surface area (Å²) < 4.78 is 10.9. The van der Waals surface area contributed by atoms with E-state index >= 15 is 0 Å². The van der Waals surface area contributed by atoms with Gasteiger partial charge in [0.1, 0.15) is 23.8 Å². The fourth-order valence-corrected chi connectivity index (χ4v) is 2.87. The SMILES string of the molecule is CCc1nnc(N2CC(OC)C(OC)C2)c(C#N)c1CC. The van der Waals surface area contributed by atoms with Gasteiger partial charge in [0.05, 0.1) is 5.69 Å². The van der Waals surface area contributed by atoms with Crippen molar-refractivity contribution in [3.63, 3.8) is 0 Å². The summed E-state index contributed by atoms with van der Waals surface area (Å²) in [6, 6.07) is 2.31. The molecule has 2 heterocycles. The van der Waals surface area contributed by atoms with Gasteiger partial charge in [-0.2, -0.15) is 10.4 Å². The van der Waals surface area contributed by atoms with Gasteiger partial charge in [0.2, 0.25) is 0 Å². The predicted molar refractivity (Wildman–Crippen MR) is 79.3 cm³/mol. The van der Waals surface area contributed by atoms with Crippen LogP contribution in [0.1, 0.15) is 30.7 Å². The molecule has 0 aliphatic carbocycles. The summed E-state index contributed by atoms with van der Waals surface area (Å²) >= 11 is 0. The largest absolute Gasteiger partial charge is 0.377 e. The van der Waals surface area contributed by atoms with Gasteiger partial charge in [-0.1, -0.05) is 13.8 Å². The molecule has 0 amide bonds. The van der Waals surface area contributed by atoms with E-state index in [4.69, 9.17) is 9.47 Å². The van der Waals surface area contributed by atoms with Crippen LogP contribution >= 0.6 is 0 Å². The van der Waals surface area contributed by atoms with Crippen molar-refractivity contribution in [2.75, 3.05) is 32.2 Å². The summed E-state index contributed by atoms with van der Waals surface area (Å²) in [4.78, 5) is 2.03. The van der Waals surface area contributed by atoms with Crippen LogP contribution in [0.25, 0.3) is 0 Å². The van der Waals surface area contributed by atoms with E-state index in [2.05, 4.69) is 16.3 Å². The van der Waals surface area contributed by atoms with Gasteiger partial charge in [-0.3, -0.25) is 0 Å². The van der Waals surface area contributed by atoms with Crippen LogP contribution in [-0.4, -0.2) is 49.7 Å². The zero-order valence-electron chi connectivity index (χ0n) is 13.1. The molecule has 21 heavy (non-hydrogen) atoms. The summed E-state index contributed by atoms with van der Waals surface area (Å²) in [6.45, 7) is 5.39. The van der Waals surface area contributed by atoms with Crippen LogP contribution in [0.3, 0.4) is 0 Å². The van der Waals surface area contributed by atoms with E-state index < -0.39 is 0 Å². The molecule has 1 fully saturated rings. The van der Waals surface area contributed by atoms with E-state index in [0.717, 1.165) is 24.1 Å². The Morgan fingerprint density at radius 1 is 1.14 bits per heavy atom. The van der Waals surface area contributed by atoms with Gasteiger partial charge in [-0.15, -0.1) is 5.10 Å². The molecule has 1 aliphatic rings. The van der Waals surface area contributed by atoms with E-state index in [0.29, 0.717) is 24.5 Å². The van der Waals surface area contributed by atoms with Crippen molar-refractivity contribution in [1.82, 2.24) is 10.2 Å². The molecule has 114 valence electrons. The Hall–Kier alpha value is -1.71. The number of methoxy groups -OCH3 is 2. The molecular formula is C15H22N4O2. The lowest BCUT2D eigenvalue weighted by atomic mass is 10.0. The number of hydrogen-bond acceptors (Lipinski definition) is 6. The molecule has 1 aliphatic heterocycles. The summed E-state index contributed by atoms with van der Waals surface area (Å²) in [5.74, 6) is 0.646. The molecule has 0 N–H and O–H groups in total. The molecule has 6 heteroatoms. The van der Waals surface area contributed by atoms with E-state index in [1.54, 1.807) is 14.2 Å². The molecule has 1 aromatic heterocycles. The zero-order valence-corrected chi connectivity index (χ0v) is 13.1. The first-order valence-electron chi connectivity index (χ1n) is 7.29. The van der Waals surface area contributed by atoms with Gasteiger partial charge in [0.25, 0.3) is 0 Å². The van der Waals surface area contributed by atoms with Crippen molar-refractivity contribution < 1.29 is 9.47 Å². The molecule has 6 nitrogen and oxygen atoms in total. The Labute approximate surface area is 125 Å². The number of anilines is 1. The number of aryl methyl sites for hydroxylation is 1. The molecule has 0 saturated carbocycles. The van der Waals surface area contributed by atoms with Crippen molar-refractivity contribution in [3.8, 4) is 6.07 Å². The zero-order chi connectivity index (χ0) is 15.4. The maximum absolute atomic E-state index is 9.55. The third-order valence-corrected chi connectivity index (χ3v) is 4.06. The third kappa shape index (κ3) is 2.85. The Balaban J connectivity index is 2.39. The van der Waals surface area contributed by atoms with Gasteiger partial charge in [0.15, 0.2) is 5.82 Å². The van der Waals surface area contributed by atoms with Crippen LogP contribution in [-0.2, 0) is 22.3 Å². The Bertz CT molecular complexity index is 529. The predicted octanol–water partition coefficient (Wildman–Crippen LogP) is 1.32. The van der Waals surface area contributed by atoms with Crippen LogP contribution in [0, 0.1) is 11.3 Å². The first-order chi connectivity index (χ1) is 10.2. The second kappa shape index (κ2) is 6.83. The lowest BCUT2D eigenvalue weighted by molar-refractivity contribution is -0.00461. The molecule has 0 aromatic carbocycles. The molecule has 1 aromatic rings. The lowest BCUT2D eigenvalue weighted by Gasteiger charge is -2.19. The van der Waals surface area contributed by atoms with Crippen LogP contribution in [0.2, 0.25) is 0 Å². The molecule has 2 rings (SSSR count). The Morgan fingerprint density at radius 3 is 2.19 bits per heavy atom. The van der Waals surface area contributed by atoms with Gasteiger partial charge in [-0.25, -0.2) is 0 Å². The highest BCUT2D eigenvalue weighted by atomic mass is 16.5. The average Bonchev–Trinajstić information content (AvgIpc) is 2.96. The smallest absolute Gasteiger partial charge is 0.169 e. The topological polar surface area (TPSA) is 71.3 Å². The van der Waals surface area contributed by atoms with Crippen LogP contribution < -0.4 is 4.90 Å². The second-order valence-corrected chi connectivity index (χ2v) is 5.10. The molecular weight excluding hydrogens is 268 g/mol. The quantitative estimate of drug-likeness (QED) is 0.814. The molecule has 2 unspecified atom stereocenters. The first-order valence-corrected chi connectivity index (χ1v) is 7.29. The standard InChI is InChI=1S/C15H22N4O2/c1-5-10-11(7-16)15(18-17-12(10)6-2)19-8-13(20-3)14(9-19)21-4/h13-14H,5-6,8-9H2,1-4H3. The number of hydrogen-bond donors (Lipinski definition) is 0. The summed E-state index contributed by atoms with van der Waals surface area (Å²) in [6.07, 6.45) is 1.54. The van der Waals surface area contributed by atoms with Gasteiger partial charge < -0.3 is 14.4 Å². The lowest BCUT2D eigenvalue weighted by Crippen LogP contribution is -2.27. The normalized spacial score (nSPS) is 21.6. The molecule has 2 atom stereocenters. The van der Waals surface area contributed by atoms with E-state index in [1.807, 2.05) is 18.7 Å². The van der Waals surface area contributed by atoms with Crippen molar-refractivity contribution in [2.45, 2.75) is 38.9 Å². The van der Waals surface area contributed by atoms with Crippen LogP contribution in [0.4, 0.5) is 5.82 Å². The molecule has 0 spiro atoms. The number of nitrogens with zero attached hydrogens (tertiary/aromatic N) is 4. The fraction of sp³-hybridized carbons (Fsp3) is 0.667. The van der Waals surface area contributed by atoms with E-state index in [1.165, 1.54) is 0 Å². The van der Waals surface area contributed by atoms with Crippen LogP contribution in [0.5, 0.6) is 0 Å². The Kier molecular flexibility index (Phi) is 5.10. The van der Waals surface area contributed by atoms with Crippen LogP contribution in [0.15, 0.2) is 0 Å². The minimum absolute atomic E-state index is 0.0146. The monoisotopic (exact) mass is 290 g/mol. The minimum Gasteiger partial charge on any atom is -0.377 e. The number of aromatic nitrogens is 2. The highest BCUT2D eigenvalue weighted by Crippen LogP contribution is 2.27. The highest BCUT2D eigenvalue weighted by molar-refractivity contribution is 5.59. The fourth-order valence-electron chi connectivity index (χ4n) is 2.87. The van der Waals surface area contributed by atoms with Crippen molar-refractivity contribution in [1.29, 1.82) is 5.26 Å². The maximum Gasteiger partial charge on any atom is 0.169 e. The van der Waals surface area contributed by atoms with Crippen molar-refractivity contribution >= 4 is 5.82 Å². The summed E-state index contributed by atoms with van der Waals surface area (Å²) in [5.41, 5.74) is 2.54. The van der Waals surface area contributed by atoms with Crippen molar-refractivity contribution in [2.24, 2.45) is 0 Å². The van der Waals surface area contributed by atoms with Gasteiger partial charge in [-0.05, 0) is 18.4 Å². The second-order valence-electron chi connectivity index (χ2n) is 5.10. The molecule has 0 radical (unpaired) electrons. The first kappa shape index (κ1) is 15.7. The number of nitriles is 1. The third-order valence-electron chi connectivity index (χ3n) is 4.06. The minimum atomic E-state index is -0.0146. The van der Waals surface area contributed by atoms with Crippen molar-refractivity contribution in [3.05, 3.63) is 16.8 Å². The maximum atomic E-state index is 9.55. The molecule has 0 bridgehead atoms. The molecule has 1 saturated heterocycles.